The molecular formula is C15H29N5. The summed E-state index contributed by atoms with van der Waals surface area (Å²) in [6.45, 7) is 11.9. The first-order valence-corrected chi connectivity index (χ1v) is 7.65. The molecule has 0 aliphatic heterocycles. The number of nitrogens with zero attached hydrogens (tertiary/aromatic N) is 3. The fraction of sp³-hybridized carbons (Fsp3) is 0.733. The quantitative estimate of drug-likeness (QED) is 0.564. The second-order valence-electron chi connectivity index (χ2n) is 5.57. The summed E-state index contributed by atoms with van der Waals surface area (Å²) in [6.07, 6.45) is 3.43. The van der Waals surface area contributed by atoms with E-state index < -0.39 is 0 Å². The molecule has 1 rings (SSSR count). The lowest BCUT2D eigenvalue weighted by Gasteiger charge is -2.30. The van der Waals surface area contributed by atoms with Gasteiger partial charge in [0, 0.05) is 24.6 Å². The zero-order valence-corrected chi connectivity index (χ0v) is 13.5. The van der Waals surface area contributed by atoms with Crippen molar-refractivity contribution in [2.45, 2.75) is 65.8 Å². The van der Waals surface area contributed by atoms with Gasteiger partial charge in [0.1, 0.15) is 17.5 Å². The lowest BCUT2D eigenvalue weighted by molar-refractivity contribution is 0.586. The summed E-state index contributed by atoms with van der Waals surface area (Å²) in [4.78, 5) is 11.5. The van der Waals surface area contributed by atoms with Crippen LogP contribution in [0.4, 0.5) is 11.6 Å². The Labute approximate surface area is 123 Å². The second-order valence-corrected chi connectivity index (χ2v) is 5.57. The molecule has 1 atom stereocenters. The Kier molecular flexibility index (Phi) is 6.71. The Bertz CT molecular complexity index is 405. The molecule has 1 aromatic heterocycles. The highest BCUT2D eigenvalue weighted by Crippen LogP contribution is 2.22. The monoisotopic (exact) mass is 279 g/mol. The van der Waals surface area contributed by atoms with Crippen LogP contribution in [-0.4, -0.2) is 22.6 Å². The molecule has 0 saturated carbocycles. The number of aromatic nitrogens is 2. The third kappa shape index (κ3) is 4.34. The predicted octanol–water partition coefficient (Wildman–Crippen LogP) is 3.29. The maximum Gasteiger partial charge on any atom is 0.145 e. The highest BCUT2D eigenvalue weighted by Gasteiger charge is 2.17. The van der Waals surface area contributed by atoms with Crippen molar-refractivity contribution in [3.63, 3.8) is 0 Å². The maximum atomic E-state index is 5.54. The van der Waals surface area contributed by atoms with E-state index >= 15 is 0 Å². The summed E-state index contributed by atoms with van der Waals surface area (Å²) < 4.78 is 0. The Hall–Kier alpha value is -1.36. The van der Waals surface area contributed by atoms with Gasteiger partial charge in [-0.25, -0.2) is 15.8 Å². The number of nitrogens with one attached hydrogen (secondary N) is 1. The minimum atomic E-state index is 0.284. The van der Waals surface area contributed by atoms with Crippen molar-refractivity contribution in [2.24, 2.45) is 5.84 Å². The number of unbranched alkanes of at least 4 members (excludes halogenated alkanes) is 1. The largest absolute Gasteiger partial charge is 0.354 e. The number of hydrazine groups is 1. The fourth-order valence-corrected chi connectivity index (χ4v) is 2.04. The van der Waals surface area contributed by atoms with Crippen LogP contribution >= 0.6 is 0 Å². The Morgan fingerprint density at radius 3 is 2.45 bits per heavy atom. The van der Waals surface area contributed by atoms with E-state index in [1.807, 2.05) is 6.07 Å². The zero-order chi connectivity index (χ0) is 15.1. The van der Waals surface area contributed by atoms with E-state index in [4.69, 9.17) is 10.8 Å². The first kappa shape index (κ1) is 16.7. The number of nitrogen functional groups attached to an aromatic ring is 1. The van der Waals surface area contributed by atoms with Crippen molar-refractivity contribution in [2.75, 3.05) is 16.9 Å². The zero-order valence-electron chi connectivity index (χ0n) is 13.5. The van der Waals surface area contributed by atoms with Crippen LogP contribution in [0.1, 0.15) is 65.6 Å². The smallest absolute Gasteiger partial charge is 0.145 e. The summed E-state index contributed by atoms with van der Waals surface area (Å²) in [5.74, 6) is 8.31. The first-order chi connectivity index (χ1) is 9.53. The van der Waals surface area contributed by atoms with E-state index in [2.05, 4.69) is 49.9 Å². The molecule has 114 valence electrons. The molecule has 20 heavy (non-hydrogen) atoms. The van der Waals surface area contributed by atoms with Gasteiger partial charge in [0.2, 0.25) is 0 Å². The lowest BCUT2D eigenvalue weighted by atomic mass is 10.2. The van der Waals surface area contributed by atoms with Gasteiger partial charge in [-0.3, -0.25) is 0 Å². The summed E-state index contributed by atoms with van der Waals surface area (Å²) in [6, 6.07) is 2.40. The molecule has 5 heteroatoms. The normalized spacial score (nSPS) is 12.6. The number of hydrogen-bond acceptors (Lipinski definition) is 5. The van der Waals surface area contributed by atoms with Gasteiger partial charge >= 0.3 is 0 Å². The lowest BCUT2D eigenvalue weighted by Crippen LogP contribution is -2.34. The summed E-state index contributed by atoms with van der Waals surface area (Å²) in [5.41, 5.74) is 2.65. The van der Waals surface area contributed by atoms with Crippen LogP contribution < -0.4 is 16.2 Å². The van der Waals surface area contributed by atoms with E-state index in [1.54, 1.807) is 0 Å². The first-order valence-electron chi connectivity index (χ1n) is 7.65. The standard InChI is InChI=1S/C15H29N5/c1-6-8-9-20(12(5)7-2)14-10-13(19-16)17-15(18-14)11(3)4/h10-12H,6-9,16H2,1-5H3,(H,17,18,19). The number of anilines is 2. The SMILES string of the molecule is CCCCN(c1cc(NN)nc(C(C)C)n1)C(C)CC. The molecule has 1 aromatic rings. The van der Waals surface area contributed by atoms with Gasteiger partial charge in [-0.1, -0.05) is 34.1 Å². The van der Waals surface area contributed by atoms with Gasteiger partial charge in [0.25, 0.3) is 0 Å². The van der Waals surface area contributed by atoms with E-state index in [0.29, 0.717) is 11.9 Å². The molecule has 3 N–H and O–H groups in total. The topological polar surface area (TPSA) is 67.1 Å². The van der Waals surface area contributed by atoms with Crippen LogP contribution in [0.2, 0.25) is 0 Å². The molecule has 0 aliphatic rings. The van der Waals surface area contributed by atoms with Crippen LogP contribution in [0.15, 0.2) is 6.07 Å². The van der Waals surface area contributed by atoms with Gasteiger partial charge in [-0.2, -0.15) is 0 Å². The summed E-state index contributed by atoms with van der Waals surface area (Å²) in [5, 5.41) is 0. The maximum absolute atomic E-state index is 5.54. The van der Waals surface area contributed by atoms with Crippen LogP contribution in [-0.2, 0) is 0 Å². The number of hydrogen-bond donors (Lipinski definition) is 2. The van der Waals surface area contributed by atoms with Crippen molar-refractivity contribution in [3.8, 4) is 0 Å². The van der Waals surface area contributed by atoms with Gasteiger partial charge in [-0.05, 0) is 19.8 Å². The van der Waals surface area contributed by atoms with Gasteiger partial charge in [-0.15, -0.1) is 0 Å². The third-order valence-corrected chi connectivity index (χ3v) is 3.56. The molecule has 1 heterocycles. The third-order valence-electron chi connectivity index (χ3n) is 3.56. The van der Waals surface area contributed by atoms with E-state index in [0.717, 1.165) is 31.0 Å². The Balaban J connectivity index is 3.13. The van der Waals surface area contributed by atoms with Crippen molar-refractivity contribution in [3.05, 3.63) is 11.9 Å². The van der Waals surface area contributed by atoms with Crippen molar-refractivity contribution in [1.82, 2.24) is 9.97 Å². The van der Waals surface area contributed by atoms with Gasteiger partial charge in [0.15, 0.2) is 0 Å². The van der Waals surface area contributed by atoms with E-state index in [-0.39, 0.29) is 5.92 Å². The number of rotatable bonds is 8. The minimum Gasteiger partial charge on any atom is -0.354 e. The number of nitrogens with two attached hydrogens (primary N) is 1. The molecule has 0 aliphatic carbocycles. The molecule has 5 nitrogen and oxygen atoms in total. The van der Waals surface area contributed by atoms with Gasteiger partial charge < -0.3 is 10.3 Å². The molecule has 0 aromatic carbocycles. The van der Waals surface area contributed by atoms with Crippen molar-refractivity contribution in [1.29, 1.82) is 0 Å². The molecule has 0 radical (unpaired) electrons. The molecule has 0 amide bonds. The van der Waals surface area contributed by atoms with Crippen LogP contribution in [0.25, 0.3) is 0 Å². The van der Waals surface area contributed by atoms with E-state index in [9.17, 15) is 0 Å². The average Bonchev–Trinajstić information content (AvgIpc) is 2.46. The second kappa shape index (κ2) is 8.04. The van der Waals surface area contributed by atoms with Crippen molar-refractivity contribution >= 4 is 11.6 Å². The molecule has 0 fully saturated rings. The van der Waals surface area contributed by atoms with E-state index in [1.165, 1.54) is 6.42 Å². The summed E-state index contributed by atoms with van der Waals surface area (Å²) >= 11 is 0. The molecule has 0 spiro atoms. The molecule has 0 bridgehead atoms. The average molecular weight is 279 g/mol. The highest BCUT2D eigenvalue weighted by atomic mass is 15.3. The van der Waals surface area contributed by atoms with Crippen molar-refractivity contribution < 1.29 is 0 Å². The Morgan fingerprint density at radius 2 is 1.95 bits per heavy atom. The molecule has 0 saturated heterocycles. The molecular weight excluding hydrogens is 250 g/mol. The van der Waals surface area contributed by atoms with Gasteiger partial charge in [0.05, 0.1) is 0 Å². The van der Waals surface area contributed by atoms with Crippen LogP contribution in [0, 0.1) is 0 Å². The Morgan fingerprint density at radius 1 is 1.25 bits per heavy atom. The molecule has 1 unspecified atom stereocenters. The predicted molar refractivity (Wildman–Crippen MR) is 85.9 cm³/mol. The summed E-state index contributed by atoms with van der Waals surface area (Å²) in [7, 11) is 0. The minimum absolute atomic E-state index is 0.284. The fourth-order valence-electron chi connectivity index (χ4n) is 2.04. The van der Waals surface area contributed by atoms with Crippen LogP contribution in [0.3, 0.4) is 0 Å². The highest BCUT2D eigenvalue weighted by molar-refractivity contribution is 5.49. The van der Waals surface area contributed by atoms with Crippen LogP contribution in [0.5, 0.6) is 0 Å².